The molecule has 3 rings (SSSR count). The average Bonchev–Trinajstić information content (AvgIpc) is 2.92. The minimum absolute atomic E-state index is 0.0152. The SMILES string of the molecule is CC(C)OCCN1C(=O)C(Nc2cccc(F)c2)=C(c2ccc(OC(C)C)cc2)C1=O. The van der Waals surface area contributed by atoms with Crippen molar-refractivity contribution in [3.63, 3.8) is 0 Å². The quantitative estimate of drug-likeness (QED) is 0.608. The second kappa shape index (κ2) is 9.75. The number of hydrogen-bond acceptors (Lipinski definition) is 5. The van der Waals surface area contributed by atoms with Gasteiger partial charge in [0.25, 0.3) is 11.8 Å². The molecule has 0 radical (unpaired) electrons. The van der Waals surface area contributed by atoms with E-state index < -0.39 is 17.6 Å². The topological polar surface area (TPSA) is 67.9 Å². The van der Waals surface area contributed by atoms with E-state index in [0.717, 1.165) is 4.90 Å². The lowest BCUT2D eigenvalue weighted by Crippen LogP contribution is -2.35. The Morgan fingerprint density at radius 2 is 1.68 bits per heavy atom. The van der Waals surface area contributed by atoms with E-state index in [-0.39, 0.29) is 36.6 Å². The van der Waals surface area contributed by atoms with Crippen molar-refractivity contribution in [2.75, 3.05) is 18.5 Å². The van der Waals surface area contributed by atoms with Crippen molar-refractivity contribution in [3.8, 4) is 5.75 Å². The van der Waals surface area contributed by atoms with Gasteiger partial charge in [-0.05, 0) is 63.6 Å². The van der Waals surface area contributed by atoms with Gasteiger partial charge in [-0.1, -0.05) is 18.2 Å². The summed E-state index contributed by atoms with van der Waals surface area (Å²) in [7, 11) is 0. The first-order chi connectivity index (χ1) is 14.8. The molecule has 0 unspecified atom stereocenters. The fraction of sp³-hybridized carbons (Fsp3) is 0.333. The fourth-order valence-corrected chi connectivity index (χ4v) is 3.23. The molecule has 1 N–H and O–H groups in total. The molecule has 31 heavy (non-hydrogen) atoms. The maximum atomic E-state index is 13.7. The molecule has 7 heteroatoms. The maximum Gasteiger partial charge on any atom is 0.278 e. The van der Waals surface area contributed by atoms with Gasteiger partial charge in [-0.2, -0.15) is 0 Å². The van der Waals surface area contributed by atoms with Crippen LogP contribution in [0.5, 0.6) is 5.75 Å². The number of amides is 2. The van der Waals surface area contributed by atoms with Crippen LogP contribution in [0.15, 0.2) is 54.2 Å². The number of anilines is 1. The zero-order valence-electron chi connectivity index (χ0n) is 18.1. The Morgan fingerprint density at radius 1 is 0.968 bits per heavy atom. The van der Waals surface area contributed by atoms with Gasteiger partial charge in [-0.25, -0.2) is 4.39 Å². The van der Waals surface area contributed by atoms with Crippen LogP contribution in [0, 0.1) is 5.82 Å². The van der Waals surface area contributed by atoms with E-state index in [1.807, 2.05) is 27.7 Å². The minimum Gasteiger partial charge on any atom is -0.491 e. The third kappa shape index (κ3) is 5.49. The van der Waals surface area contributed by atoms with Crippen molar-refractivity contribution >= 4 is 23.1 Å². The van der Waals surface area contributed by atoms with Crippen LogP contribution < -0.4 is 10.1 Å². The van der Waals surface area contributed by atoms with Crippen LogP contribution in [0.2, 0.25) is 0 Å². The number of hydrogen-bond donors (Lipinski definition) is 1. The summed E-state index contributed by atoms with van der Waals surface area (Å²) >= 11 is 0. The third-order valence-electron chi connectivity index (χ3n) is 4.54. The highest BCUT2D eigenvalue weighted by Gasteiger charge is 2.39. The van der Waals surface area contributed by atoms with E-state index in [2.05, 4.69) is 5.32 Å². The van der Waals surface area contributed by atoms with Crippen LogP contribution in [0.3, 0.4) is 0 Å². The zero-order valence-corrected chi connectivity index (χ0v) is 18.1. The summed E-state index contributed by atoms with van der Waals surface area (Å²) in [6, 6.07) is 12.7. The Bertz CT molecular complexity index is 983. The van der Waals surface area contributed by atoms with E-state index in [1.165, 1.54) is 18.2 Å². The Hall–Kier alpha value is -3.19. The molecule has 2 amide bonds. The lowest BCUT2D eigenvalue weighted by Gasteiger charge is -2.16. The highest BCUT2D eigenvalue weighted by molar-refractivity contribution is 6.36. The number of carbonyl (C=O) groups is 2. The van der Waals surface area contributed by atoms with Gasteiger partial charge in [0, 0.05) is 5.69 Å². The predicted molar refractivity (Wildman–Crippen MR) is 117 cm³/mol. The smallest absolute Gasteiger partial charge is 0.278 e. The highest BCUT2D eigenvalue weighted by atomic mass is 19.1. The van der Waals surface area contributed by atoms with Crippen LogP contribution in [0.4, 0.5) is 10.1 Å². The molecule has 2 aromatic carbocycles. The molecule has 0 saturated carbocycles. The highest BCUT2D eigenvalue weighted by Crippen LogP contribution is 2.31. The standard InChI is InChI=1S/C24H27FN2O4/c1-15(2)30-13-12-27-23(28)21(17-8-10-20(11-9-17)31-16(3)4)22(24(27)29)26-19-7-5-6-18(25)14-19/h5-11,14-16,26H,12-13H2,1-4H3. The van der Waals surface area contributed by atoms with Crippen LogP contribution >= 0.6 is 0 Å². The van der Waals surface area contributed by atoms with Crippen molar-refractivity contribution in [2.45, 2.75) is 39.9 Å². The second-order valence-electron chi connectivity index (χ2n) is 7.76. The van der Waals surface area contributed by atoms with Crippen LogP contribution in [0.25, 0.3) is 5.57 Å². The van der Waals surface area contributed by atoms with Crippen molar-refractivity contribution in [2.24, 2.45) is 0 Å². The Labute approximate surface area is 181 Å². The number of carbonyl (C=O) groups excluding carboxylic acids is 2. The van der Waals surface area contributed by atoms with E-state index in [1.54, 1.807) is 30.3 Å². The molecule has 0 aliphatic carbocycles. The maximum absolute atomic E-state index is 13.7. The molecule has 0 spiro atoms. The molecule has 0 fully saturated rings. The Morgan fingerprint density at radius 3 is 2.29 bits per heavy atom. The summed E-state index contributed by atoms with van der Waals surface area (Å²) in [5.74, 6) is -0.674. The molecular weight excluding hydrogens is 399 g/mol. The van der Waals surface area contributed by atoms with Crippen LogP contribution in [0.1, 0.15) is 33.3 Å². The third-order valence-corrected chi connectivity index (χ3v) is 4.54. The van der Waals surface area contributed by atoms with Gasteiger partial charge in [-0.3, -0.25) is 14.5 Å². The normalized spacial score (nSPS) is 14.2. The van der Waals surface area contributed by atoms with Crippen molar-refractivity contribution in [1.82, 2.24) is 4.90 Å². The van der Waals surface area contributed by atoms with E-state index in [9.17, 15) is 14.0 Å². The molecule has 0 saturated heterocycles. The van der Waals surface area contributed by atoms with Crippen LogP contribution in [-0.4, -0.2) is 42.1 Å². The van der Waals surface area contributed by atoms with E-state index in [4.69, 9.17) is 9.47 Å². The molecule has 164 valence electrons. The monoisotopic (exact) mass is 426 g/mol. The summed E-state index contributed by atoms with van der Waals surface area (Å²) in [4.78, 5) is 27.4. The molecular formula is C24H27FN2O4. The number of rotatable bonds is 9. The summed E-state index contributed by atoms with van der Waals surface area (Å²) in [5, 5.41) is 2.94. The van der Waals surface area contributed by atoms with Gasteiger partial charge >= 0.3 is 0 Å². The number of imide groups is 1. The Balaban J connectivity index is 1.94. The molecule has 0 aromatic heterocycles. The predicted octanol–water partition coefficient (Wildman–Crippen LogP) is 4.23. The largest absolute Gasteiger partial charge is 0.491 e. The van der Waals surface area contributed by atoms with Gasteiger partial charge in [0.15, 0.2) is 0 Å². The lowest BCUT2D eigenvalue weighted by molar-refractivity contribution is -0.137. The van der Waals surface area contributed by atoms with Crippen molar-refractivity contribution < 1.29 is 23.5 Å². The molecule has 1 aliphatic rings. The Kier molecular flexibility index (Phi) is 7.07. The number of ether oxygens (including phenoxy) is 2. The minimum atomic E-state index is -0.473. The lowest BCUT2D eigenvalue weighted by atomic mass is 10.0. The number of nitrogens with zero attached hydrogens (tertiary/aromatic N) is 1. The van der Waals surface area contributed by atoms with Gasteiger partial charge in [0.05, 0.1) is 30.9 Å². The number of nitrogens with one attached hydrogen (secondary N) is 1. The molecule has 0 bridgehead atoms. The van der Waals surface area contributed by atoms with E-state index in [0.29, 0.717) is 17.0 Å². The molecule has 1 heterocycles. The summed E-state index contributed by atoms with van der Waals surface area (Å²) in [5.41, 5.74) is 1.29. The average molecular weight is 426 g/mol. The molecule has 0 atom stereocenters. The van der Waals surface area contributed by atoms with E-state index >= 15 is 0 Å². The summed E-state index contributed by atoms with van der Waals surface area (Å²) in [6.07, 6.45) is 0.0000343. The first-order valence-corrected chi connectivity index (χ1v) is 10.3. The summed E-state index contributed by atoms with van der Waals surface area (Å²) in [6.45, 7) is 7.98. The molecule has 6 nitrogen and oxygen atoms in total. The van der Waals surface area contributed by atoms with Crippen LogP contribution in [-0.2, 0) is 14.3 Å². The first kappa shape index (κ1) is 22.5. The fourth-order valence-electron chi connectivity index (χ4n) is 3.23. The first-order valence-electron chi connectivity index (χ1n) is 10.3. The molecule has 1 aliphatic heterocycles. The van der Waals surface area contributed by atoms with Crippen molar-refractivity contribution in [1.29, 1.82) is 0 Å². The van der Waals surface area contributed by atoms with Gasteiger partial charge in [-0.15, -0.1) is 0 Å². The van der Waals surface area contributed by atoms with Gasteiger partial charge < -0.3 is 14.8 Å². The zero-order chi connectivity index (χ0) is 22.5. The van der Waals surface area contributed by atoms with Gasteiger partial charge in [0.2, 0.25) is 0 Å². The second-order valence-corrected chi connectivity index (χ2v) is 7.76. The number of benzene rings is 2. The summed E-state index contributed by atoms with van der Waals surface area (Å²) < 4.78 is 24.8. The van der Waals surface area contributed by atoms with Gasteiger partial charge in [0.1, 0.15) is 17.3 Å². The number of halogens is 1. The molecule has 2 aromatic rings. The van der Waals surface area contributed by atoms with Crippen molar-refractivity contribution in [3.05, 3.63) is 65.6 Å².